The fourth-order valence-electron chi connectivity index (χ4n) is 2.77. The minimum Gasteiger partial charge on any atom is -0.342 e. The minimum atomic E-state index is 0.208. The van der Waals surface area contributed by atoms with Crippen molar-refractivity contribution in [1.29, 1.82) is 0 Å². The first-order valence-corrected chi connectivity index (χ1v) is 6.52. The van der Waals surface area contributed by atoms with E-state index >= 15 is 0 Å². The van der Waals surface area contributed by atoms with Gasteiger partial charge < -0.3 is 4.90 Å². The van der Waals surface area contributed by atoms with E-state index in [0.29, 0.717) is 5.91 Å². The van der Waals surface area contributed by atoms with Gasteiger partial charge in [0.25, 0.3) is 0 Å². The number of carbonyl (C=O) groups excluding carboxylic acids is 1. The van der Waals surface area contributed by atoms with Gasteiger partial charge in [-0.25, -0.2) is 0 Å². The zero-order valence-corrected chi connectivity index (χ0v) is 10.8. The number of hydrogen-bond acceptors (Lipinski definition) is 2. The molecular formula is C13H24N2O. The molecule has 2 heterocycles. The first kappa shape index (κ1) is 11.9. The maximum Gasteiger partial charge on any atom is 0.227 e. The normalized spacial score (nSPS) is 27.7. The third-order valence-corrected chi connectivity index (χ3v) is 3.90. The van der Waals surface area contributed by atoms with Crippen LogP contribution in [0, 0.1) is 5.92 Å². The molecule has 0 saturated carbocycles. The van der Waals surface area contributed by atoms with E-state index in [9.17, 15) is 4.79 Å². The first-order chi connectivity index (χ1) is 7.48. The molecule has 2 fully saturated rings. The van der Waals surface area contributed by atoms with E-state index < -0.39 is 0 Å². The van der Waals surface area contributed by atoms with E-state index in [0.717, 1.165) is 32.6 Å². The van der Waals surface area contributed by atoms with Crippen LogP contribution in [0.25, 0.3) is 0 Å². The molecule has 0 aromatic heterocycles. The number of likely N-dealkylation sites (tertiary alicyclic amines) is 2. The smallest absolute Gasteiger partial charge is 0.227 e. The zero-order valence-electron chi connectivity index (χ0n) is 10.8. The Hall–Kier alpha value is -0.570. The molecule has 0 aliphatic carbocycles. The lowest BCUT2D eigenvalue weighted by atomic mass is 10.1. The molecule has 0 bridgehead atoms. The van der Waals surface area contributed by atoms with Gasteiger partial charge in [0.2, 0.25) is 5.91 Å². The lowest BCUT2D eigenvalue weighted by molar-refractivity contribution is -0.134. The van der Waals surface area contributed by atoms with Crippen molar-refractivity contribution in [3.05, 3.63) is 0 Å². The van der Waals surface area contributed by atoms with Gasteiger partial charge in [-0.1, -0.05) is 0 Å². The maximum atomic E-state index is 12.2. The monoisotopic (exact) mass is 224 g/mol. The Labute approximate surface area is 98.8 Å². The molecule has 0 unspecified atom stereocenters. The second-order valence-corrected chi connectivity index (χ2v) is 6.13. The Kier molecular flexibility index (Phi) is 3.24. The molecule has 0 aromatic rings. The van der Waals surface area contributed by atoms with Crippen LogP contribution in [0.3, 0.4) is 0 Å². The van der Waals surface area contributed by atoms with E-state index in [1.54, 1.807) is 0 Å². The zero-order chi connectivity index (χ0) is 11.8. The lowest BCUT2D eigenvalue weighted by Gasteiger charge is -2.31. The van der Waals surface area contributed by atoms with Crippen LogP contribution in [-0.2, 0) is 4.79 Å². The predicted molar refractivity (Wildman–Crippen MR) is 65.2 cm³/mol. The van der Waals surface area contributed by atoms with Crippen LogP contribution in [-0.4, -0.2) is 47.4 Å². The van der Waals surface area contributed by atoms with Crippen molar-refractivity contribution in [2.75, 3.05) is 26.2 Å². The van der Waals surface area contributed by atoms with Gasteiger partial charge in [-0.2, -0.15) is 0 Å². The number of rotatable bonds is 1. The fraction of sp³-hybridized carbons (Fsp3) is 0.923. The highest BCUT2D eigenvalue weighted by atomic mass is 16.2. The van der Waals surface area contributed by atoms with E-state index in [1.165, 1.54) is 12.8 Å². The summed E-state index contributed by atoms with van der Waals surface area (Å²) in [5.41, 5.74) is 0.208. The summed E-state index contributed by atoms with van der Waals surface area (Å²) in [4.78, 5) is 16.7. The van der Waals surface area contributed by atoms with Crippen molar-refractivity contribution < 1.29 is 4.79 Å². The average Bonchev–Trinajstić information content (AvgIpc) is 2.87. The summed E-state index contributed by atoms with van der Waals surface area (Å²) < 4.78 is 0. The van der Waals surface area contributed by atoms with Gasteiger partial charge in [0.15, 0.2) is 0 Å². The Morgan fingerprint density at radius 2 is 1.75 bits per heavy atom. The van der Waals surface area contributed by atoms with Crippen LogP contribution in [0.5, 0.6) is 0 Å². The van der Waals surface area contributed by atoms with Gasteiger partial charge in [0.05, 0.1) is 5.92 Å². The molecule has 1 amide bonds. The molecule has 2 saturated heterocycles. The van der Waals surface area contributed by atoms with Crippen LogP contribution in [0.1, 0.15) is 40.0 Å². The van der Waals surface area contributed by atoms with E-state index in [-0.39, 0.29) is 11.5 Å². The van der Waals surface area contributed by atoms with Crippen molar-refractivity contribution in [1.82, 2.24) is 9.80 Å². The third-order valence-electron chi connectivity index (χ3n) is 3.90. The summed E-state index contributed by atoms with van der Waals surface area (Å²) in [6.07, 6.45) is 3.44. The van der Waals surface area contributed by atoms with Crippen molar-refractivity contribution >= 4 is 5.91 Å². The van der Waals surface area contributed by atoms with Crippen LogP contribution in [0.2, 0.25) is 0 Å². The quantitative estimate of drug-likeness (QED) is 0.677. The summed E-state index contributed by atoms with van der Waals surface area (Å²) in [7, 11) is 0. The van der Waals surface area contributed by atoms with Crippen molar-refractivity contribution in [2.24, 2.45) is 5.92 Å². The van der Waals surface area contributed by atoms with E-state index in [4.69, 9.17) is 0 Å². The molecular weight excluding hydrogens is 200 g/mol. The van der Waals surface area contributed by atoms with Gasteiger partial charge >= 0.3 is 0 Å². The number of carbonyl (C=O) groups is 1. The third kappa shape index (κ3) is 2.40. The summed E-state index contributed by atoms with van der Waals surface area (Å²) in [6.45, 7) is 10.7. The summed E-state index contributed by atoms with van der Waals surface area (Å²) in [5.74, 6) is 0.668. The predicted octanol–water partition coefficient (Wildman–Crippen LogP) is 1.73. The molecule has 0 radical (unpaired) electrons. The van der Waals surface area contributed by atoms with Gasteiger partial charge in [-0.15, -0.1) is 0 Å². The van der Waals surface area contributed by atoms with Crippen molar-refractivity contribution in [2.45, 2.75) is 45.6 Å². The molecule has 2 aliphatic heterocycles. The van der Waals surface area contributed by atoms with Crippen LogP contribution in [0.4, 0.5) is 0 Å². The number of nitrogens with zero attached hydrogens (tertiary/aromatic N) is 2. The van der Waals surface area contributed by atoms with Crippen molar-refractivity contribution in [3.8, 4) is 0 Å². The second-order valence-electron chi connectivity index (χ2n) is 6.13. The van der Waals surface area contributed by atoms with Gasteiger partial charge in [-0.05, 0) is 46.6 Å². The minimum absolute atomic E-state index is 0.208. The van der Waals surface area contributed by atoms with Crippen molar-refractivity contribution in [3.63, 3.8) is 0 Å². The van der Waals surface area contributed by atoms with Crippen LogP contribution >= 0.6 is 0 Å². The Morgan fingerprint density at radius 3 is 2.25 bits per heavy atom. The number of hydrogen-bond donors (Lipinski definition) is 0. The summed E-state index contributed by atoms with van der Waals surface area (Å²) in [5, 5.41) is 0. The second kappa shape index (κ2) is 4.36. The highest BCUT2D eigenvalue weighted by Gasteiger charge is 2.36. The lowest BCUT2D eigenvalue weighted by Crippen LogP contribution is -2.41. The summed E-state index contributed by atoms with van der Waals surface area (Å²) in [6, 6.07) is 0. The fourth-order valence-corrected chi connectivity index (χ4v) is 2.77. The van der Waals surface area contributed by atoms with E-state index in [1.807, 2.05) is 0 Å². The first-order valence-electron chi connectivity index (χ1n) is 6.52. The average molecular weight is 224 g/mol. The largest absolute Gasteiger partial charge is 0.342 e. The van der Waals surface area contributed by atoms with Crippen LogP contribution in [0.15, 0.2) is 0 Å². The molecule has 92 valence electrons. The molecule has 16 heavy (non-hydrogen) atoms. The molecule has 0 N–H and O–H groups in total. The Balaban J connectivity index is 1.90. The molecule has 3 heteroatoms. The maximum absolute atomic E-state index is 12.2. The van der Waals surface area contributed by atoms with Gasteiger partial charge in [-0.3, -0.25) is 9.69 Å². The summed E-state index contributed by atoms with van der Waals surface area (Å²) >= 11 is 0. The van der Waals surface area contributed by atoms with E-state index in [2.05, 4.69) is 30.6 Å². The van der Waals surface area contributed by atoms with Gasteiger partial charge in [0.1, 0.15) is 0 Å². The molecule has 0 aromatic carbocycles. The van der Waals surface area contributed by atoms with Gasteiger partial charge in [0, 0.05) is 25.2 Å². The highest BCUT2D eigenvalue weighted by molar-refractivity contribution is 5.79. The molecule has 1 atom stereocenters. The highest BCUT2D eigenvalue weighted by Crippen LogP contribution is 2.26. The topological polar surface area (TPSA) is 23.6 Å². The Bertz CT molecular complexity index is 264. The molecule has 3 nitrogen and oxygen atoms in total. The number of amides is 1. The SMILES string of the molecule is CC(C)(C)N1CC[C@@H](C(=O)N2CCCC2)C1. The molecule has 0 spiro atoms. The standard InChI is InChI=1S/C13H24N2O/c1-13(2,3)15-9-6-11(10-15)12(16)14-7-4-5-8-14/h11H,4-10H2,1-3H3/t11-/m1/s1. The molecule has 2 aliphatic rings. The Morgan fingerprint density at radius 1 is 1.12 bits per heavy atom. The molecule has 2 rings (SSSR count). The van der Waals surface area contributed by atoms with Crippen LogP contribution < -0.4 is 0 Å².